The molecule has 1 aromatic carbocycles. The van der Waals surface area contributed by atoms with Crippen LogP contribution in [0, 0.1) is 32.1 Å². The van der Waals surface area contributed by atoms with Crippen LogP contribution in [0.5, 0.6) is 0 Å². The van der Waals surface area contributed by atoms with Crippen LogP contribution in [0.3, 0.4) is 0 Å². The molecule has 124 valence electrons. The number of hydrogen-bond acceptors (Lipinski definition) is 3. The van der Waals surface area contributed by atoms with E-state index < -0.39 is 10.0 Å². The van der Waals surface area contributed by atoms with Gasteiger partial charge in [0.2, 0.25) is 15.9 Å². The van der Waals surface area contributed by atoms with E-state index >= 15 is 0 Å². The van der Waals surface area contributed by atoms with Gasteiger partial charge in [0.25, 0.3) is 0 Å². The van der Waals surface area contributed by atoms with Crippen LogP contribution < -0.4 is 5.32 Å². The predicted octanol–water partition coefficient (Wildman–Crippen LogP) is 1.45. The highest BCUT2D eigenvalue weighted by Gasteiger charge is 2.32. The summed E-state index contributed by atoms with van der Waals surface area (Å²) in [6.07, 6.45) is 6.15. The van der Waals surface area contributed by atoms with Crippen LogP contribution in [-0.4, -0.2) is 38.3 Å². The van der Waals surface area contributed by atoms with Gasteiger partial charge in [-0.1, -0.05) is 12.0 Å². The number of benzene rings is 1. The maximum atomic E-state index is 12.7. The average Bonchev–Trinajstić information content (AvgIpc) is 2.55. The second-order valence-electron chi connectivity index (χ2n) is 5.85. The number of rotatable bonds is 4. The molecule has 0 atom stereocenters. The summed E-state index contributed by atoms with van der Waals surface area (Å²) in [5.74, 6) is 2.10. The summed E-state index contributed by atoms with van der Waals surface area (Å²) in [7, 11) is -3.50. The second kappa shape index (κ2) is 7.16. The summed E-state index contributed by atoms with van der Waals surface area (Å²) >= 11 is 0. The zero-order valence-corrected chi connectivity index (χ0v) is 14.3. The summed E-state index contributed by atoms with van der Waals surface area (Å²) in [4.78, 5) is 12.2. The van der Waals surface area contributed by atoms with Gasteiger partial charge in [-0.25, -0.2) is 8.42 Å². The smallest absolute Gasteiger partial charge is 0.243 e. The minimum atomic E-state index is -3.50. The fourth-order valence-corrected chi connectivity index (χ4v) is 4.22. The van der Waals surface area contributed by atoms with Crippen molar-refractivity contribution in [1.29, 1.82) is 0 Å². The van der Waals surface area contributed by atoms with E-state index in [1.54, 1.807) is 12.1 Å². The maximum Gasteiger partial charge on any atom is 0.243 e. The average molecular weight is 334 g/mol. The molecule has 23 heavy (non-hydrogen) atoms. The van der Waals surface area contributed by atoms with E-state index in [0.717, 1.165) is 11.1 Å². The van der Waals surface area contributed by atoms with E-state index in [4.69, 9.17) is 6.42 Å². The molecular formula is C17H22N2O3S. The largest absolute Gasteiger partial charge is 0.345 e. The number of sulfonamides is 1. The molecule has 0 radical (unpaired) electrons. The van der Waals surface area contributed by atoms with Crippen LogP contribution >= 0.6 is 0 Å². The Labute approximate surface area is 138 Å². The van der Waals surface area contributed by atoms with Gasteiger partial charge in [0.05, 0.1) is 11.4 Å². The number of aryl methyl sites for hydroxylation is 2. The number of hydrogen-bond donors (Lipinski definition) is 1. The Bertz CT molecular complexity index is 727. The zero-order valence-electron chi connectivity index (χ0n) is 13.5. The summed E-state index contributed by atoms with van der Waals surface area (Å²) in [6.45, 7) is 4.76. The molecule has 2 rings (SSSR count). The molecule has 1 aromatic rings. The highest BCUT2D eigenvalue weighted by atomic mass is 32.2. The SMILES string of the molecule is C#CCNC(=O)C1CCN(S(=O)(=O)c2ccc(C)c(C)c2)CC1. The van der Waals surface area contributed by atoms with Crippen molar-refractivity contribution in [3.63, 3.8) is 0 Å². The number of piperidine rings is 1. The molecule has 0 unspecified atom stereocenters. The quantitative estimate of drug-likeness (QED) is 0.848. The Balaban J connectivity index is 2.05. The molecule has 0 saturated carbocycles. The van der Waals surface area contributed by atoms with Crippen molar-refractivity contribution in [2.45, 2.75) is 31.6 Å². The van der Waals surface area contributed by atoms with Crippen molar-refractivity contribution in [3.8, 4) is 12.3 Å². The Kier molecular flexibility index (Phi) is 5.45. The van der Waals surface area contributed by atoms with Gasteiger partial charge in [0.1, 0.15) is 0 Å². The lowest BCUT2D eigenvalue weighted by Crippen LogP contribution is -2.43. The standard InChI is InChI=1S/C17H22N2O3S/c1-4-9-18-17(20)15-7-10-19(11-8-15)23(21,22)16-6-5-13(2)14(3)12-16/h1,5-6,12,15H,7-11H2,2-3H3,(H,18,20). The van der Waals surface area contributed by atoms with Crippen molar-refractivity contribution < 1.29 is 13.2 Å². The van der Waals surface area contributed by atoms with Crippen molar-refractivity contribution in [3.05, 3.63) is 29.3 Å². The lowest BCUT2D eigenvalue weighted by atomic mass is 9.97. The molecule has 0 bridgehead atoms. The molecule has 0 spiro atoms. The van der Waals surface area contributed by atoms with Crippen molar-refractivity contribution in [2.75, 3.05) is 19.6 Å². The molecule has 1 heterocycles. The van der Waals surface area contributed by atoms with E-state index in [-0.39, 0.29) is 18.4 Å². The maximum absolute atomic E-state index is 12.7. The Morgan fingerprint density at radius 2 is 1.96 bits per heavy atom. The lowest BCUT2D eigenvalue weighted by molar-refractivity contribution is -0.125. The summed E-state index contributed by atoms with van der Waals surface area (Å²) in [6, 6.07) is 5.17. The third-order valence-corrected chi connectivity index (χ3v) is 6.20. The van der Waals surface area contributed by atoms with Crippen LogP contribution in [0.25, 0.3) is 0 Å². The molecule has 0 aliphatic carbocycles. The first-order valence-corrected chi connectivity index (χ1v) is 9.09. The van der Waals surface area contributed by atoms with E-state index in [9.17, 15) is 13.2 Å². The molecule has 6 heteroatoms. The van der Waals surface area contributed by atoms with E-state index in [2.05, 4.69) is 11.2 Å². The Morgan fingerprint density at radius 1 is 1.30 bits per heavy atom. The van der Waals surface area contributed by atoms with E-state index in [1.165, 1.54) is 4.31 Å². The highest BCUT2D eigenvalue weighted by Crippen LogP contribution is 2.25. The molecule has 1 aliphatic heterocycles. The van der Waals surface area contributed by atoms with Crippen LogP contribution in [0.15, 0.2) is 23.1 Å². The predicted molar refractivity (Wildman–Crippen MR) is 89.2 cm³/mol. The number of nitrogens with zero attached hydrogens (tertiary/aromatic N) is 1. The number of carbonyl (C=O) groups excluding carboxylic acids is 1. The van der Waals surface area contributed by atoms with Crippen LogP contribution in [0.2, 0.25) is 0 Å². The first-order chi connectivity index (χ1) is 10.9. The number of amides is 1. The zero-order chi connectivity index (χ0) is 17.0. The van der Waals surface area contributed by atoms with Crippen LogP contribution in [0.1, 0.15) is 24.0 Å². The molecular weight excluding hydrogens is 312 g/mol. The van der Waals surface area contributed by atoms with Gasteiger partial charge >= 0.3 is 0 Å². The first-order valence-electron chi connectivity index (χ1n) is 7.65. The molecule has 5 nitrogen and oxygen atoms in total. The van der Waals surface area contributed by atoms with E-state index in [1.807, 2.05) is 19.9 Å². The number of terminal acetylenes is 1. The van der Waals surface area contributed by atoms with Gasteiger partial charge in [-0.15, -0.1) is 6.42 Å². The van der Waals surface area contributed by atoms with Gasteiger partial charge in [-0.2, -0.15) is 4.31 Å². The normalized spacial score (nSPS) is 16.7. The fourth-order valence-electron chi connectivity index (χ4n) is 2.66. The number of carbonyl (C=O) groups is 1. The molecule has 1 amide bonds. The molecule has 0 aromatic heterocycles. The Morgan fingerprint density at radius 3 is 2.52 bits per heavy atom. The van der Waals surface area contributed by atoms with Crippen molar-refractivity contribution in [2.24, 2.45) is 5.92 Å². The van der Waals surface area contributed by atoms with Gasteiger partial charge in [0.15, 0.2) is 0 Å². The molecule has 1 fully saturated rings. The summed E-state index contributed by atoms with van der Waals surface area (Å²) in [5.41, 5.74) is 2.02. The van der Waals surface area contributed by atoms with E-state index in [0.29, 0.717) is 30.8 Å². The number of nitrogens with one attached hydrogen (secondary N) is 1. The van der Waals surface area contributed by atoms with Gasteiger partial charge < -0.3 is 5.32 Å². The second-order valence-corrected chi connectivity index (χ2v) is 7.78. The van der Waals surface area contributed by atoms with Crippen molar-refractivity contribution >= 4 is 15.9 Å². The van der Waals surface area contributed by atoms with Gasteiger partial charge in [-0.05, 0) is 49.9 Å². The molecule has 1 saturated heterocycles. The Hall–Kier alpha value is -1.84. The minimum Gasteiger partial charge on any atom is -0.345 e. The third kappa shape index (κ3) is 3.92. The topological polar surface area (TPSA) is 66.5 Å². The van der Waals surface area contributed by atoms with Gasteiger partial charge in [0, 0.05) is 19.0 Å². The third-order valence-electron chi connectivity index (χ3n) is 4.31. The molecule has 1 N–H and O–H groups in total. The fraction of sp³-hybridized carbons (Fsp3) is 0.471. The van der Waals surface area contributed by atoms with Crippen molar-refractivity contribution in [1.82, 2.24) is 9.62 Å². The first kappa shape index (κ1) is 17.5. The van der Waals surface area contributed by atoms with Crippen LogP contribution in [-0.2, 0) is 14.8 Å². The van der Waals surface area contributed by atoms with Gasteiger partial charge in [-0.3, -0.25) is 4.79 Å². The summed E-state index contributed by atoms with van der Waals surface area (Å²) in [5, 5.41) is 2.66. The lowest BCUT2D eigenvalue weighted by Gasteiger charge is -2.30. The highest BCUT2D eigenvalue weighted by molar-refractivity contribution is 7.89. The monoisotopic (exact) mass is 334 g/mol. The summed E-state index contributed by atoms with van der Waals surface area (Å²) < 4.78 is 26.9. The molecule has 1 aliphatic rings. The van der Waals surface area contributed by atoms with Crippen LogP contribution in [0.4, 0.5) is 0 Å². The minimum absolute atomic E-state index is 0.0915.